The molecule has 0 unspecified atom stereocenters. The number of hydrogen-bond donors (Lipinski definition) is 1. The van der Waals surface area contributed by atoms with E-state index in [-0.39, 0.29) is 12.4 Å². The molecule has 0 aliphatic heterocycles. The van der Waals surface area contributed by atoms with E-state index < -0.39 is 0 Å². The highest BCUT2D eigenvalue weighted by molar-refractivity contribution is 6.31. The molecule has 0 atom stereocenters. The molecule has 4 aliphatic rings. The molecule has 0 heterocycles. The Bertz CT molecular complexity index is 812. The third-order valence-electron chi connectivity index (χ3n) is 7.05. The fourth-order valence-corrected chi connectivity index (χ4v) is 6.41. The van der Waals surface area contributed by atoms with E-state index >= 15 is 0 Å². The number of ether oxygens (including phenoxy) is 1. The van der Waals surface area contributed by atoms with Crippen LogP contribution < -0.4 is 10.1 Å². The first kappa shape index (κ1) is 18.4. The van der Waals surface area contributed by atoms with Crippen molar-refractivity contribution in [2.45, 2.75) is 57.2 Å². The quantitative estimate of drug-likeness (QED) is 0.632. The Morgan fingerprint density at radius 3 is 2.36 bits per heavy atom. The zero-order valence-electron chi connectivity index (χ0n) is 16.1. The van der Waals surface area contributed by atoms with Crippen molar-refractivity contribution in [2.75, 3.05) is 0 Å². The predicted octanol–water partition coefficient (Wildman–Crippen LogP) is 6.12. The summed E-state index contributed by atoms with van der Waals surface area (Å²) in [5.41, 5.74) is 1.97. The topological polar surface area (TPSA) is 21.3 Å². The van der Waals surface area contributed by atoms with Crippen LogP contribution in [0.5, 0.6) is 5.75 Å². The lowest BCUT2D eigenvalue weighted by molar-refractivity contribution is -0.0206. The number of benzene rings is 2. The third kappa shape index (κ3) is 3.67. The Morgan fingerprint density at radius 2 is 1.68 bits per heavy atom. The third-order valence-corrected chi connectivity index (χ3v) is 7.40. The minimum atomic E-state index is -0.327. The molecule has 0 radical (unpaired) electrons. The molecule has 4 fully saturated rings. The second-order valence-electron chi connectivity index (χ2n) is 9.19. The highest BCUT2D eigenvalue weighted by Gasteiger charge is 2.50. The molecule has 0 amide bonds. The van der Waals surface area contributed by atoms with E-state index in [0.29, 0.717) is 16.1 Å². The summed E-state index contributed by atoms with van der Waals surface area (Å²) in [6.45, 7) is 1.00. The molecule has 2 nitrogen and oxygen atoms in total. The molecule has 148 valence electrons. The highest BCUT2D eigenvalue weighted by atomic mass is 35.5. The maximum absolute atomic E-state index is 13.9. The van der Waals surface area contributed by atoms with Crippen LogP contribution in [0.4, 0.5) is 4.39 Å². The summed E-state index contributed by atoms with van der Waals surface area (Å²) in [5.74, 6) is 3.26. The van der Waals surface area contributed by atoms with Gasteiger partial charge in [-0.3, -0.25) is 0 Å². The molecule has 2 aromatic rings. The molecule has 0 aromatic heterocycles. The first-order valence-corrected chi connectivity index (χ1v) is 10.9. The van der Waals surface area contributed by atoms with Crippen molar-refractivity contribution in [3.63, 3.8) is 0 Å². The van der Waals surface area contributed by atoms with E-state index in [1.54, 1.807) is 12.1 Å². The van der Waals surface area contributed by atoms with E-state index in [1.807, 2.05) is 12.1 Å². The average Bonchev–Trinajstić information content (AvgIpc) is 2.65. The lowest BCUT2D eigenvalue weighted by Gasteiger charge is -2.57. The monoisotopic (exact) mass is 399 g/mol. The summed E-state index contributed by atoms with van der Waals surface area (Å²) < 4.78 is 19.8. The summed E-state index contributed by atoms with van der Waals surface area (Å²) in [4.78, 5) is 0. The zero-order valence-corrected chi connectivity index (χ0v) is 16.9. The van der Waals surface area contributed by atoms with Gasteiger partial charge in [-0.05, 0) is 86.1 Å². The lowest BCUT2D eigenvalue weighted by Crippen LogP contribution is -2.58. The van der Waals surface area contributed by atoms with Crippen LogP contribution >= 0.6 is 11.6 Å². The van der Waals surface area contributed by atoms with Gasteiger partial charge in [0.1, 0.15) is 18.2 Å². The number of rotatable bonds is 6. The average molecular weight is 400 g/mol. The van der Waals surface area contributed by atoms with Crippen molar-refractivity contribution in [3.8, 4) is 5.75 Å². The summed E-state index contributed by atoms with van der Waals surface area (Å²) in [6, 6.07) is 12.8. The van der Waals surface area contributed by atoms with Gasteiger partial charge in [-0.1, -0.05) is 29.8 Å². The number of halogens is 2. The molecule has 4 bridgehead atoms. The van der Waals surface area contributed by atoms with Gasteiger partial charge in [-0.15, -0.1) is 0 Å². The summed E-state index contributed by atoms with van der Waals surface area (Å²) >= 11 is 6.10. The second-order valence-corrected chi connectivity index (χ2v) is 9.59. The Morgan fingerprint density at radius 1 is 1.00 bits per heavy atom. The van der Waals surface area contributed by atoms with Gasteiger partial charge in [0, 0.05) is 17.6 Å². The SMILES string of the molecule is Fc1cccc(Cl)c1COc1cccc(CNC23CC4CC(CC(C4)C2)C3)c1. The predicted molar refractivity (Wildman–Crippen MR) is 110 cm³/mol. The molecule has 1 N–H and O–H groups in total. The standard InChI is InChI=1S/C24H27ClFNO/c25-22-5-2-6-23(26)21(22)15-28-20-4-1-3-16(10-20)14-27-24-11-17-7-18(12-24)9-19(8-17)13-24/h1-6,10,17-19,27H,7-9,11-15H2. The van der Waals surface area contributed by atoms with E-state index in [9.17, 15) is 4.39 Å². The second kappa shape index (κ2) is 7.35. The Hall–Kier alpha value is -1.58. The number of nitrogens with one attached hydrogen (secondary N) is 1. The molecule has 0 spiro atoms. The molecular formula is C24H27ClFNO. The molecule has 4 saturated carbocycles. The van der Waals surface area contributed by atoms with Crippen LogP contribution in [-0.2, 0) is 13.2 Å². The van der Waals surface area contributed by atoms with Crippen LogP contribution in [0, 0.1) is 23.6 Å². The van der Waals surface area contributed by atoms with E-state index in [2.05, 4.69) is 17.4 Å². The van der Waals surface area contributed by atoms with Gasteiger partial charge in [0.2, 0.25) is 0 Å². The van der Waals surface area contributed by atoms with Gasteiger partial charge in [-0.25, -0.2) is 4.39 Å². The molecule has 4 aliphatic carbocycles. The van der Waals surface area contributed by atoms with E-state index in [4.69, 9.17) is 16.3 Å². The van der Waals surface area contributed by atoms with Crippen LogP contribution in [0.15, 0.2) is 42.5 Å². The summed E-state index contributed by atoms with van der Waals surface area (Å²) in [6.07, 6.45) is 8.43. The van der Waals surface area contributed by atoms with Crippen molar-refractivity contribution in [3.05, 3.63) is 64.4 Å². The lowest BCUT2D eigenvalue weighted by atomic mass is 9.53. The van der Waals surface area contributed by atoms with E-state index in [1.165, 1.54) is 50.2 Å². The Labute approximate surface area is 171 Å². The van der Waals surface area contributed by atoms with Crippen molar-refractivity contribution >= 4 is 11.6 Å². The van der Waals surface area contributed by atoms with Crippen molar-refractivity contribution in [1.82, 2.24) is 5.32 Å². The minimum absolute atomic E-state index is 0.136. The van der Waals surface area contributed by atoms with Gasteiger partial charge >= 0.3 is 0 Å². The molecule has 28 heavy (non-hydrogen) atoms. The zero-order chi connectivity index (χ0) is 19.1. The maximum Gasteiger partial charge on any atom is 0.131 e. The van der Waals surface area contributed by atoms with E-state index in [0.717, 1.165) is 30.0 Å². The van der Waals surface area contributed by atoms with Crippen molar-refractivity contribution < 1.29 is 9.13 Å². The van der Waals surface area contributed by atoms with Crippen LogP contribution in [0.1, 0.15) is 49.7 Å². The van der Waals surface area contributed by atoms with Gasteiger partial charge < -0.3 is 10.1 Å². The first-order chi connectivity index (χ1) is 13.6. The van der Waals surface area contributed by atoms with Crippen LogP contribution in [0.2, 0.25) is 5.02 Å². The maximum atomic E-state index is 13.9. The highest BCUT2D eigenvalue weighted by Crippen LogP contribution is 2.55. The normalized spacial score (nSPS) is 30.6. The summed E-state index contributed by atoms with van der Waals surface area (Å²) in [5, 5.41) is 4.33. The Balaban J connectivity index is 1.23. The van der Waals surface area contributed by atoms with Gasteiger partial charge in [0.05, 0.1) is 5.02 Å². The van der Waals surface area contributed by atoms with Crippen LogP contribution in [-0.4, -0.2) is 5.54 Å². The fraction of sp³-hybridized carbons (Fsp3) is 0.500. The fourth-order valence-electron chi connectivity index (χ4n) is 6.19. The Kier molecular flexibility index (Phi) is 4.84. The van der Waals surface area contributed by atoms with Gasteiger partial charge in [-0.2, -0.15) is 0 Å². The van der Waals surface area contributed by atoms with Gasteiger partial charge in [0.25, 0.3) is 0 Å². The summed E-state index contributed by atoms with van der Waals surface area (Å²) in [7, 11) is 0. The first-order valence-electron chi connectivity index (χ1n) is 10.5. The largest absolute Gasteiger partial charge is 0.489 e. The van der Waals surface area contributed by atoms with Gasteiger partial charge in [0.15, 0.2) is 0 Å². The molecule has 0 saturated heterocycles. The van der Waals surface area contributed by atoms with Crippen molar-refractivity contribution in [2.24, 2.45) is 17.8 Å². The molecule has 6 rings (SSSR count). The van der Waals surface area contributed by atoms with Crippen molar-refractivity contribution in [1.29, 1.82) is 0 Å². The minimum Gasteiger partial charge on any atom is -0.489 e. The number of hydrogen-bond acceptors (Lipinski definition) is 2. The molecule has 2 aromatic carbocycles. The smallest absolute Gasteiger partial charge is 0.131 e. The molecular weight excluding hydrogens is 373 g/mol. The molecule has 4 heteroatoms. The van der Waals surface area contributed by atoms with Crippen LogP contribution in [0.3, 0.4) is 0 Å². The van der Waals surface area contributed by atoms with Crippen LogP contribution in [0.25, 0.3) is 0 Å².